The minimum atomic E-state index is -1.61. The fraction of sp³-hybridized carbons (Fsp3) is 0.324. The summed E-state index contributed by atoms with van der Waals surface area (Å²) >= 11 is -1.61. The van der Waals surface area contributed by atoms with Gasteiger partial charge in [-0.25, -0.2) is 0 Å². The topological polar surface area (TPSA) is 9.86 Å². The van der Waals surface area contributed by atoms with Gasteiger partial charge in [0.25, 0.3) is 0 Å². The number of hydrogen-bond acceptors (Lipinski definition) is 0. The monoisotopic (exact) mass is 618 g/mol. The number of nitrogens with zero attached hydrogens (tertiary/aromatic N) is 2. The van der Waals surface area contributed by atoms with Crippen LogP contribution in [0.4, 0.5) is 0 Å². The number of halogens is 1. The molecule has 0 atom stereocenters. The van der Waals surface area contributed by atoms with Crippen LogP contribution >= 0.6 is 9.53 Å². The first kappa shape index (κ1) is 28.6. The summed E-state index contributed by atoms with van der Waals surface area (Å²) in [6, 6.07) is 21.8. The van der Waals surface area contributed by atoms with E-state index in [-0.39, 0.29) is 0 Å². The molecule has 0 saturated heterocycles. The third-order valence-electron chi connectivity index (χ3n) is 7.00. The van der Waals surface area contributed by atoms with E-state index in [1.807, 2.05) is 0 Å². The van der Waals surface area contributed by atoms with E-state index in [9.17, 15) is 0 Å². The van der Waals surface area contributed by atoms with E-state index < -0.39 is 15.3 Å². The van der Waals surface area contributed by atoms with Crippen LogP contribution < -0.4 is 0 Å². The van der Waals surface area contributed by atoms with Gasteiger partial charge in [0.1, 0.15) is 0 Å². The molecule has 0 unspecified atom stereocenters. The molecule has 0 aliphatic rings. The van der Waals surface area contributed by atoms with Gasteiger partial charge in [-0.2, -0.15) is 0 Å². The summed E-state index contributed by atoms with van der Waals surface area (Å²) in [5.41, 5.74) is 10.6. The quantitative estimate of drug-likeness (QED) is 0.174. The van der Waals surface area contributed by atoms with Crippen LogP contribution in [0.25, 0.3) is 11.8 Å². The zero-order valence-corrected chi connectivity index (χ0v) is 26.1. The summed E-state index contributed by atoms with van der Waals surface area (Å²) in [5.74, 6) is 0.833. The van der Waals surface area contributed by atoms with Crippen molar-refractivity contribution in [2.75, 3.05) is 0 Å². The van der Waals surface area contributed by atoms with Gasteiger partial charge >= 0.3 is 239 Å². The summed E-state index contributed by atoms with van der Waals surface area (Å²) in [6.45, 7) is 16.6. The zero-order chi connectivity index (χ0) is 27.4. The van der Waals surface area contributed by atoms with Crippen LogP contribution in [-0.2, 0) is 21.8 Å². The van der Waals surface area contributed by atoms with Crippen molar-refractivity contribution in [1.29, 1.82) is 0 Å². The Morgan fingerprint density at radius 2 is 1.42 bits per heavy atom. The minimum absolute atomic E-state index is 0.416. The first-order valence-electron chi connectivity index (χ1n) is 13.4. The van der Waals surface area contributed by atoms with Crippen LogP contribution in [0.3, 0.4) is 0 Å². The number of aromatic nitrogens is 2. The Hall–Kier alpha value is -2.44. The second kappa shape index (κ2) is 12.6. The van der Waals surface area contributed by atoms with Crippen molar-refractivity contribution in [1.82, 2.24) is 9.13 Å². The molecule has 3 aromatic carbocycles. The molecule has 0 fully saturated rings. The Bertz CT molecular complexity index is 1450. The van der Waals surface area contributed by atoms with Crippen LogP contribution in [0.2, 0.25) is 4.89 Å². The molecule has 1 heterocycles. The van der Waals surface area contributed by atoms with E-state index in [1.54, 1.807) is 0 Å². The molecule has 4 aromatic rings. The van der Waals surface area contributed by atoms with Crippen LogP contribution in [-0.4, -0.2) is 9.13 Å². The number of para-hydroxylation sites is 1. The summed E-state index contributed by atoms with van der Waals surface area (Å²) in [7, 11) is 7.43. The summed E-state index contributed by atoms with van der Waals surface area (Å²) in [4.78, 5) is 0.860. The van der Waals surface area contributed by atoms with Crippen molar-refractivity contribution < 1.29 is 15.3 Å². The molecule has 0 saturated carbocycles. The zero-order valence-electron chi connectivity index (χ0n) is 23.7. The maximum absolute atomic E-state index is 7.43. The number of imidazole rings is 1. The van der Waals surface area contributed by atoms with E-state index in [0.29, 0.717) is 11.8 Å². The fourth-order valence-electron chi connectivity index (χ4n) is 5.13. The molecule has 1 aromatic heterocycles. The Labute approximate surface area is 238 Å². The predicted octanol–water partition coefficient (Wildman–Crippen LogP) is 9.93. The van der Waals surface area contributed by atoms with E-state index in [4.69, 9.17) is 9.53 Å². The van der Waals surface area contributed by atoms with Crippen molar-refractivity contribution in [3.8, 4) is 5.69 Å². The standard InChI is InChI=1S/C25H32N2.C9H9.ClH.Pd/c1-17(2)22-9-8-10-23(18(3)4)25(22)27-12-11-26(16-27)15-24-20(6)13-19(5)14-21(24)7;1-2-6-9-7-4-3-5-8-9;;/h8-14,17-18H,15H2,1-7H3;2-8H,1H2;1H;/q;;;-1/p-1. The van der Waals surface area contributed by atoms with Gasteiger partial charge in [-0.3, -0.25) is 0 Å². The first-order chi connectivity index (χ1) is 18.2. The molecule has 0 N–H and O–H groups in total. The van der Waals surface area contributed by atoms with Gasteiger partial charge in [0, 0.05) is 0 Å². The van der Waals surface area contributed by atoms with Crippen molar-refractivity contribution in [3.63, 3.8) is 0 Å². The Morgan fingerprint density at radius 1 is 0.816 bits per heavy atom. The molecular weight excluding hydrogens is 578 g/mol. The molecule has 0 bridgehead atoms. The summed E-state index contributed by atoms with van der Waals surface area (Å²) in [6.07, 6.45) is 8.95. The summed E-state index contributed by atoms with van der Waals surface area (Å²) in [5, 5.41) is 0. The van der Waals surface area contributed by atoms with Crippen molar-refractivity contribution >= 4 is 15.6 Å². The van der Waals surface area contributed by atoms with Gasteiger partial charge in [0.15, 0.2) is 0 Å². The van der Waals surface area contributed by atoms with Gasteiger partial charge in [-0.1, -0.05) is 0 Å². The molecule has 206 valence electrons. The molecule has 2 nitrogen and oxygen atoms in total. The molecular formula is C34H41ClN2Pd-2. The van der Waals surface area contributed by atoms with Gasteiger partial charge in [0.05, 0.1) is 0 Å². The van der Waals surface area contributed by atoms with Crippen LogP contribution in [0.1, 0.15) is 78.5 Å². The maximum atomic E-state index is 7.43. The number of allylic oxidation sites excluding steroid dienone is 1. The summed E-state index contributed by atoms with van der Waals surface area (Å²) < 4.78 is 6.08. The van der Waals surface area contributed by atoms with Gasteiger partial charge in [0.2, 0.25) is 0 Å². The number of hydrogen-bond donors (Lipinski definition) is 0. The number of aryl methyl sites for hydroxylation is 3. The molecule has 0 amide bonds. The van der Waals surface area contributed by atoms with Crippen molar-refractivity contribution in [3.05, 3.63) is 122 Å². The predicted molar refractivity (Wildman–Crippen MR) is 161 cm³/mol. The van der Waals surface area contributed by atoms with Gasteiger partial charge in [-0.05, 0) is 0 Å². The molecule has 38 heavy (non-hydrogen) atoms. The van der Waals surface area contributed by atoms with Crippen molar-refractivity contribution in [2.24, 2.45) is 0 Å². The molecule has 0 aliphatic heterocycles. The Balaban J connectivity index is 1.92. The molecule has 4 rings (SSSR count). The normalized spacial score (nSPS) is 13.6. The van der Waals surface area contributed by atoms with E-state index in [0.717, 1.165) is 11.4 Å². The average Bonchev–Trinajstić information content (AvgIpc) is 3.29. The number of rotatable bonds is 8. The van der Waals surface area contributed by atoms with E-state index in [1.165, 1.54) is 48.5 Å². The van der Waals surface area contributed by atoms with Gasteiger partial charge < -0.3 is 0 Å². The third-order valence-corrected chi connectivity index (χ3v) is 10.7. The van der Waals surface area contributed by atoms with Crippen LogP contribution in [0, 0.1) is 24.7 Å². The fourth-order valence-corrected chi connectivity index (χ4v) is 8.42. The Kier molecular flexibility index (Phi) is 9.48. The van der Waals surface area contributed by atoms with Crippen LogP contribution in [0.15, 0.2) is 79.1 Å². The molecule has 0 spiro atoms. The second-order valence-corrected chi connectivity index (χ2v) is 15.0. The SMILES string of the molecule is Cc1cc(C)c(Cn2ccn(-c3c(C(C)C)cccc3C(C)C)[c]2=[Pd-2]([Cl])[CH2]C=Cc2ccccc2)c(C)c1. The first-order valence-corrected chi connectivity index (χ1v) is 17.3. The third kappa shape index (κ3) is 6.40. The Morgan fingerprint density at radius 3 is 2.00 bits per heavy atom. The second-order valence-electron chi connectivity index (χ2n) is 10.7. The molecule has 0 radical (unpaired) electrons. The van der Waals surface area contributed by atoms with E-state index in [2.05, 4.69) is 143 Å². The van der Waals surface area contributed by atoms with Crippen LogP contribution in [0.5, 0.6) is 0 Å². The van der Waals surface area contributed by atoms with Crippen molar-refractivity contribution in [2.45, 2.75) is 71.7 Å². The molecule has 4 heteroatoms. The number of benzene rings is 3. The average molecular weight is 620 g/mol. The van der Waals surface area contributed by atoms with Gasteiger partial charge in [-0.15, -0.1) is 0 Å². The van der Waals surface area contributed by atoms with E-state index >= 15 is 0 Å². The molecule has 0 aliphatic carbocycles.